The molecule has 0 spiro atoms. The average molecular weight is 515 g/mol. The van der Waals surface area contributed by atoms with Crippen molar-refractivity contribution < 1.29 is 26.3 Å². The van der Waals surface area contributed by atoms with Gasteiger partial charge in [0.1, 0.15) is 5.82 Å². The number of fused-ring (bicyclic) bond motifs is 1. The molecule has 3 heterocycles. The molecular weight excluding hydrogens is 492 g/mol. The van der Waals surface area contributed by atoms with Crippen LogP contribution in [0.3, 0.4) is 0 Å². The topological polar surface area (TPSA) is 72.2 Å². The maximum absolute atomic E-state index is 14.7. The Morgan fingerprint density at radius 1 is 1.11 bits per heavy atom. The van der Waals surface area contributed by atoms with Crippen molar-refractivity contribution in [1.29, 1.82) is 0 Å². The van der Waals surface area contributed by atoms with Crippen molar-refractivity contribution in [2.45, 2.75) is 37.5 Å². The smallest absolute Gasteiger partial charge is 0.361 e. The summed E-state index contributed by atoms with van der Waals surface area (Å²) in [7, 11) is 2.79. The number of hydrogen-bond acceptors (Lipinski definition) is 5. The molecule has 1 fully saturated rings. The van der Waals surface area contributed by atoms with Gasteiger partial charge in [-0.25, -0.2) is 17.9 Å². The van der Waals surface area contributed by atoms with Gasteiger partial charge < -0.3 is 10.2 Å². The second-order valence-corrected chi connectivity index (χ2v) is 9.02. The van der Waals surface area contributed by atoms with Crippen LogP contribution in [0.5, 0.6) is 0 Å². The summed E-state index contributed by atoms with van der Waals surface area (Å²) < 4.78 is 85.4. The van der Waals surface area contributed by atoms with Crippen molar-refractivity contribution in [1.82, 2.24) is 19.2 Å². The lowest BCUT2D eigenvalue weighted by atomic mass is 9.96. The minimum atomic E-state index is -4.78. The number of likely N-dealkylation sites (N-methyl/N-ethyl adjacent to an activating group) is 1. The molecule has 1 unspecified atom stereocenters. The van der Waals surface area contributed by atoms with Gasteiger partial charge in [-0.2, -0.15) is 18.3 Å². The van der Waals surface area contributed by atoms with E-state index in [1.807, 2.05) is 0 Å². The van der Waals surface area contributed by atoms with Crippen LogP contribution in [0.4, 0.5) is 32.2 Å². The molecule has 3 aromatic rings. The van der Waals surface area contributed by atoms with E-state index < -0.39 is 53.2 Å². The maximum atomic E-state index is 14.7. The second kappa shape index (κ2) is 8.95. The minimum Gasteiger partial charge on any atom is -0.361 e. The Labute approximate surface area is 200 Å². The Balaban J connectivity index is 1.90. The van der Waals surface area contributed by atoms with Gasteiger partial charge >= 0.3 is 6.18 Å². The monoisotopic (exact) mass is 515 g/mol. The van der Waals surface area contributed by atoms with E-state index in [9.17, 15) is 35.9 Å². The zero-order chi connectivity index (χ0) is 26.6. The van der Waals surface area contributed by atoms with Crippen LogP contribution >= 0.6 is 0 Å². The van der Waals surface area contributed by atoms with E-state index in [1.165, 1.54) is 38.1 Å². The van der Waals surface area contributed by atoms with Crippen LogP contribution in [0.2, 0.25) is 0 Å². The van der Waals surface area contributed by atoms with Gasteiger partial charge in [0.05, 0.1) is 17.0 Å². The van der Waals surface area contributed by atoms with Gasteiger partial charge in [0, 0.05) is 43.4 Å². The lowest BCUT2D eigenvalue weighted by molar-refractivity contribution is -0.211. The number of aromatic nitrogens is 3. The highest BCUT2D eigenvalue weighted by Gasteiger charge is 2.59. The number of benzene rings is 1. The van der Waals surface area contributed by atoms with E-state index in [0.717, 1.165) is 23.0 Å². The van der Waals surface area contributed by atoms with Crippen LogP contribution in [0, 0.1) is 5.82 Å². The Hall–Kier alpha value is -3.35. The number of halogens is 6. The molecule has 0 bridgehead atoms. The zero-order valence-corrected chi connectivity index (χ0v) is 19.5. The highest BCUT2D eigenvalue weighted by molar-refractivity contribution is 5.90. The molecule has 1 saturated heterocycles. The number of likely N-dealkylation sites (tertiary alicyclic amines) is 1. The molecule has 2 atom stereocenters. The molecule has 36 heavy (non-hydrogen) atoms. The van der Waals surface area contributed by atoms with Crippen LogP contribution < -0.4 is 16.4 Å². The van der Waals surface area contributed by atoms with E-state index >= 15 is 0 Å². The third-order valence-electron chi connectivity index (χ3n) is 6.62. The third-order valence-corrected chi connectivity index (χ3v) is 6.62. The van der Waals surface area contributed by atoms with Crippen molar-refractivity contribution >= 4 is 16.6 Å². The van der Waals surface area contributed by atoms with Crippen molar-refractivity contribution in [3.63, 3.8) is 0 Å². The first-order valence-corrected chi connectivity index (χ1v) is 11.0. The number of aryl methyl sites for hydroxylation is 1. The van der Waals surface area contributed by atoms with Crippen LogP contribution in [-0.2, 0) is 12.6 Å². The number of hydrogen-bond donors (Lipinski definition) is 1. The highest BCUT2D eigenvalue weighted by atomic mass is 19.4. The lowest BCUT2D eigenvalue weighted by Crippen LogP contribution is -2.53. The van der Waals surface area contributed by atoms with Crippen LogP contribution in [0.25, 0.3) is 10.8 Å². The number of anilines is 1. The summed E-state index contributed by atoms with van der Waals surface area (Å²) in [5, 5.41) is 6.60. The molecule has 0 radical (unpaired) electrons. The first kappa shape index (κ1) is 25.7. The van der Waals surface area contributed by atoms with E-state index in [4.69, 9.17) is 0 Å². The molecule has 0 aliphatic carbocycles. The molecule has 0 saturated carbocycles. The van der Waals surface area contributed by atoms with Gasteiger partial charge in [0.25, 0.3) is 17.5 Å². The number of rotatable bonds is 5. The van der Waals surface area contributed by atoms with Crippen LogP contribution in [-0.4, -0.2) is 45.6 Å². The molecular formula is C23H23F6N5O2. The molecule has 1 aliphatic heterocycles. The van der Waals surface area contributed by atoms with Crippen molar-refractivity contribution in [2.24, 2.45) is 7.05 Å². The normalized spacial score (nSPS) is 19.8. The summed E-state index contributed by atoms with van der Waals surface area (Å²) in [5.74, 6) is -1.25. The summed E-state index contributed by atoms with van der Waals surface area (Å²) in [6.45, 7) is 1.08. The first-order chi connectivity index (χ1) is 16.8. The molecule has 1 aliphatic rings. The number of nitrogens with one attached hydrogen (secondary N) is 1. The largest absolute Gasteiger partial charge is 0.413 e. The van der Waals surface area contributed by atoms with Gasteiger partial charge in [-0.3, -0.25) is 14.2 Å². The third kappa shape index (κ3) is 4.14. The number of pyridine rings is 1. The van der Waals surface area contributed by atoms with E-state index in [1.54, 1.807) is 0 Å². The first-order valence-electron chi connectivity index (χ1n) is 11.0. The SMILES string of the molecule is CC(Nc1nn(C)c(=O)c2cc(=O)n([C@@]3(C(F)(F)F)CCN(C)C3)cc12)c1cccc(C(F)F)c1F. The Morgan fingerprint density at radius 2 is 1.78 bits per heavy atom. The fraction of sp³-hybridized carbons (Fsp3) is 0.435. The standard InChI is InChI=1S/C23H23F6N5O2/c1-12(13-5-4-6-14(18(13)24)19(25)26)30-20-16-10-34(17(35)9-15(16)21(36)33(3)31-20)22(23(27,28)29)7-8-32(2)11-22/h4-6,9-10,12,19H,7-8,11H2,1-3H3,(H,30,31)/t12?,22-/m0/s1. The Kier molecular flexibility index (Phi) is 6.40. The average Bonchev–Trinajstić information content (AvgIpc) is 3.19. The quantitative estimate of drug-likeness (QED) is 0.522. The summed E-state index contributed by atoms with van der Waals surface area (Å²) in [4.78, 5) is 27.0. The number of nitrogens with zero attached hydrogens (tertiary/aromatic N) is 4. The predicted molar refractivity (Wildman–Crippen MR) is 121 cm³/mol. The van der Waals surface area contributed by atoms with E-state index in [-0.39, 0.29) is 35.1 Å². The van der Waals surface area contributed by atoms with Gasteiger partial charge in [-0.05, 0) is 20.4 Å². The summed E-state index contributed by atoms with van der Waals surface area (Å²) >= 11 is 0. The summed E-state index contributed by atoms with van der Waals surface area (Å²) in [6.07, 6.45) is -7.25. The maximum Gasteiger partial charge on any atom is 0.413 e. The summed E-state index contributed by atoms with van der Waals surface area (Å²) in [5.41, 5.74) is -5.18. The highest BCUT2D eigenvalue weighted by Crippen LogP contribution is 2.43. The van der Waals surface area contributed by atoms with E-state index in [2.05, 4.69) is 10.4 Å². The van der Waals surface area contributed by atoms with Crippen molar-refractivity contribution in [3.05, 3.63) is 68.1 Å². The van der Waals surface area contributed by atoms with E-state index in [0.29, 0.717) is 4.57 Å². The van der Waals surface area contributed by atoms with Gasteiger partial charge in [-0.15, -0.1) is 0 Å². The minimum absolute atomic E-state index is 0.0897. The number of alkyl halides is 5. The van der Waals surface area contributed by atoms with Crippen LogP contribution in [0.1, 0.15) is 36.9 Å². The summed E-state index contributed by atoms with van der Waals surface area (Å²) in [6, 6.07) is 3.35. The molecule has 4 rings (SSSR count). The zero-order valence-electron chi connectivity index (χ0n) is 19.5. The molecule has 13 heteroatoms. The molecule has 0 amide bonds. The molecule has 194 valence electrons. The molecule has 1 aromatic carbocycles. The second-order valence-electron chi connectivity index (χ2n) is 9.02. The molecule has 7 nitrogen and oxygen atoms in total. The molecule has 2 aromatic heterocycles. The Morgan fingerprint density at radius 3 is 2.36 bits per heavy atom. The van der Waals surface area contributed by atoms with Crippen molar-refractivity contribution in [3.8, 4) is 0 Å². The van der Waals surface area contributed by atoms with Crippen molar-refractivity contribution in [2.75, 3.05) is 25.5 Å². The van der Waals surface area contributed by atoms with Gasteiger partial charge in [0.15, 0.2) is 11.4 Å². The predicted octanol–water partition coefficient (Wildman–Crippen LogP) is 3.94. The van der Waals surface area contributed by atoms with Gasteiger partial charge in [-0.1, -0.05) is 18.2 Å². The van der Waals surface area contributed by atoms with Gasteiger partial charge in [0.2, 0.25) is 0 Å². The lowest BCUT2D eigenvalue weighted by Gasteiger charge is -2.34. The molecule has 1 N–H and O–H groups in total. The Bertz CT molecular complexity index is 1430. The fourth-order valence-electron chi connectivity index (χ4n) is 4.66. The fourth-order valence-corrected chi connectivity index (χ4v) is 4.66. The van der Waals surface area contributed by atoms with Crippen LogP contribution in [0.15, 0.2) is 40.1 Å².